The fraction of sp³-hybridized carbons (Fsp3) is 0.571. The molecule has 0 aromatic heterocycles. The van der Waals surface area contributed by atoms with E-state index in [4.69, 9.17) is 14.2 Å². The van der Waals surface area contributed by atoms with Crippen molar-refractivity contribution < 1.29 is 24.4 Å². The van der Waals surface area contributed by atoms with Crippen LogP contribution in [0, 0.1) is 0 Å². The summed E-state index contributed by atoms with van der Waals surface area (Å²) in [6, 6.07) is 1.93. The Labute approximate surface area is 125 Å². The highest BCUT2D eigenvalue weighted by Gasteiger charge is 2.33. The van der Waals surface area contributed by atoms with Gasteiger partial charge in [-0.2, -0.15) is 0 Å². The summed E-state index contributed by atoms with van der Waals surface area (Å²) in [5, 5.41) is 19.5. The number of aliphatic hydroxyl groups is 2. The monoisotopic (exact) mass is 344 g/mol. The van der Waals surface area contributed by atoms with Crippen LogP contribution >= 0.6 is 15.9 Å². The van der Waals surface area contributed by atoms with E-state index >= 15 is 0 Å². The Balaban J connectivity index is 1.98. The van der Waals surface area contributed by atoms with Gasteiger partial charge in [-0.1, -0.05) is 0 Å². The summed E-state index contributed by atoms with van der Waals surface area (Å²) in [5.41, 5.74) is 1.03. The van der Waals surface area contributed by atoms with Crippen LogP contribution in [0.3, 0.4) is 0 Å². The minimum absolute atomic E-state index is 0.158. The van der Waals surface area contributed by atoms with Gasteiger partial charge in [0.05, 0.1) is 23.8 Å². The molecule has 1 aliphatic carbocycles. The zero-order valence-electron chi connectivity index (χ0n) is 11.1. The van der Waals surface area contributed by atoms with E-state index < -0.39 is 12.2 Å². The Morgan fingerprint density at radius 2 is 2.05 bits per heavy atom. The quantitative estimate of drug-likeness (QED) is 0.860. The number of aliphatic hydroxyl groups excluding tert-OH is 2. The van der Waals surface area contributed by atoms with Crippen molar-refractivity contribution in [3.05, 3.63) is 16.1 Å². The summed E-state index contributed by atoms with van der Waals surface area (Å²) >= 11 is 3.56. The van der Waals surface area contributed by atoms with Crippen molar-refractivity contribution in [3.63, 3.8) is 0 Å². The minimum atomic E-state index is -0.683. The predicted octanol–water partition coefficient (Wildman–Crippen LogP) is 2.18. The van der Waals surface area contributed by atoms with Crippen molar-refractivity contribution in [3.8, 4) is 17.2 Å². The second kappa shape index (κ2) is 5.42. The van der Waals surface area contributed by atoms with Crippen molar-refractivity contribution in [1.82, 2.24) is 0 Å². The maximum atomic E-state index is 9.87. The van der Waals surface area contributed by atoms with Gasteiger partial charge in [-0.05, 0) is 52.7 Å². The van der Waals surface area contributed by atoms with Crippen LogP contribution < -0.4 is 14.2 Å². The normalized spacial score (nSPS) is 28.5. The number of hydrogen-bond acceptors (Lipinski definition) is 5. The van der Waals surface area contributed by atoms with Crippen LogP contribution in [0.1, 0.15) is 30.7 Å². The van der Waals surface area contributed by atoms with E-state index in [1.807, 2.05) is 6.07 Å². The van der Waals surface area contributed by atoms with E-state index in [0.29, 0.717) is 30.1 Å². The van der Waals surface area contributed by atoms with Gasteiger partial charge in [0, 0.05) is 0 Å². The molecule has 0 bridgehead atoms. The molecule has 3 rings (SSSR count). The van der Waals surface area contributed by atoms with Crippen LogP contribution in [-0.2, 0) is 0 Å². The van der Waals surface area contributed by atoms with E-state index in [9.17, 15) is 10.2 Å². The summed E-state index contributed by atoms with van der Waals surface area (Å²) in [5.74, 6) is 2.06. The lowest BCUT2D eigenvalue weighted by atomic mass is 9.81. The lowest BCUT2D eigenvalue weighted by molar-refractivity contribution is -0.0150. The molecule has 20 heavy (non-hydrogen) atoms. The van der Waals surface area contributed by atoms with Crippen LogP contribution in [0.2, 0.25) is 0 Å². The molecule has 3 atom stereocenters. The molecule has 1 aromatic rings. The number of halogens is 1. The van der Waals surface area contributed by atoms with E-state index in [1.54, 1.807) is 7.11 Å². The Bertz CT molecular complexity index is 519. The zero-order valence-corrected chi connectivity index (χ0v) is 12.7. The number of methoxy groups -OCH3 is 1. The summed E-state index contributed by atoms with van der Waals surface area (Å²) in [6.45, 7) is 0.188. The van der Waals surface area contributed by atoms with E-state index in [0.717, 1.165) is 16.5 Å². The van der Waals surface area contributed by atoms with Crippen LogP contribution in [0.5, 0.6) is 17.2 Å². The molecular formula is C14H17BrO5. The Morgan fingerprint density at radius 3 is 2.75 bits per heavy atom. The van der Waals surface area contributed by atoms with Crippen LogP contribution in [0.15, 0.2) is 10.5 Å². The molecule has 1 fully saturated rings. The maximum Gasteiger partial charge on any atom is 0.231 e. The summed E-state index contributed by atoms with van der Waals surface area (Å²) in [6.07, 6.45) is 0.634. The predicted molar refractivity (Wildman–Crippen MR) is 75.4 cm³/mol. The lowest BCUT2D eigenvalue weighted by Crippen LogP contribution is -2.32. The molecule has 1 saturated carbocycles. The van der Waals surface area contributed by atoms with Gasteiger partial charge >= 0.3 is 0 Å². The number of benzene rings is 1. The molecule has 0 spiro atoms. The fourth-order valence-corrected chi connectivity index (χ4v) is 3.68. The first-order valence-corrected chi connectivity index (χ1v) is 7.43. The topological polar surface area (TPSA) is 68.2 Å². The molecule has 1 aliphatic heterocycles. The van der Waals surface area contributed by atoms with Crippen LogP contribution in [0.4, 0.5) is 0 Å². The highest BCUT2D eigenvalue weighted by molar-refractivity contribution is 9.10. The average molecular weight is 345 g/mol. The van der Waals surface area contributed by atoms with E-state index in [2.05, 4.69) is 15.9 Å². The molecule has 110 valence electrons. The molecule has 6 heteroatoms. The fourth-order valence-electron chi connectivity index (χ4n) is 2.90. The smallest absolute Gasteiger partial charge is 0.231 e. The molecule has 5 nitrogen and oxygen atoms in total. The number of ether oxygens (including phenoxy) is 3. The van der Waals surface area contributed by atoms with Crippen LogP contribution in [-0.4, -0.2) is 36.3 Å². The number of rotatable bonds is 2. The Morgan fingerprint density at radius 1 is 1.25 bits per heavy atom. The van der Waals surface area contributed by atoms with Crippen molar-refractivity contribution in [2.24, 2.45) is 0 Å². The maximum absolute atomic E-state index is 9.87. The van der Waals surface area contributed by atoms with Gasteiger partial charge in [0.25, 0.3) is 0 Å². The highest BCUT2D eigenvalue weighted by atomic mass is 79.9. The number of fused-ring (bicyclic) bond motifs is 1. The van der Waals surface area contributed by atoms with E-state index in [1.165, 1.54) is 0 Å². The standard InChI is InChI=1S/C14H17BrO5/c1-18-14-12(15)8(5-11-13(14)20-6-19-11)7-2-3-9(16)10(17)4-7/h5,7,9-10,16-17H,2-4,6H2,1H3. The first kappa shape index (κ1) is 14.0. The van der Waals surface area contributed by atoms with E-state index in [-0.39, 0.29) is 12.7 Å². The van der Waals surface area contributed by atoms with Gasteiger partial charge in [0.1, 0.15) is 0 Å². The third kappa shape index (κ3) is 2.25. The average Bonchev–Trinajstić information content (AvgIpc) is 2.89. The lowest BCUT2D eigenvalue weighted by Gasteiger charge is -2.31. The van der Waals surface area contributed by atoms with Gasteiger partial charge in [0.15, 0.2) is 11.5 Å². The van der Waals surface area contributed by atoms with Crippen molar-refractivity contribution in [2.75, 3.05) is 13.9 Å². The zero-order chi connectivity index (χ0) is 14.3. The molecule has 0 saturated heterocycles. The van der Waals surface area contributed by atoms with Gasteiger partial charge in [-0.3, -0.25) is 0 Å². The molecule has 0 radical (unpaired) electrons. The van der Waals surface area contributed by atoms with Crippen molar-refractivity contribution >= 4 is 15.9 Å². The molecular weight excluding hydrogens is 328 g/mol. The van der Waals surface area contributed by atoms with Gasteiger partial charge < -0.3 is 24.4 Å². The highest BCUT2D eigenvalue weighted by Crippen LogP contribution is 2.50. The Kier molecular flexibility index (Phi) is 3.79. The second-order valence-electron chi connectivity index (χ2n) is 5.19. The third-order valence-corrected chi connectivity index (χ3v) is 4.83. The molecule has 1 heterocycles. The van der Waals surface area contributed by atoms with Crippen molar-refractivity contribution in [1.29, 1.82) is 0 Å². The first-order chi connectivity index (χ1) is 9.61. The number of hydrogen-bond donors (Lipinski definition) is 2. The van der Waals surface area contributed by atoms with Crippen LogP contribution in [0.25, 0.3) is 0 Å². The largest absolute Gasteiger partial charge is 0.492 e. The molecule has 0 amide bonds. The minimum Gasteiger partial charge on any atom is -0.492 e. The second-order valence-corrected chi connectivity index (χ2v) is 5.98. The molecule has 1 aromatic carbocycles. The SMILES string of the molecule is COc1c(Br)c(C2CCC(O)C(O)C2)cc2c1OCO2. The summed E-state index contributed by atoms with van der Waals surface area (Å²) in [4.78, 5) is 0. The Hall–Kier alpha value is -0.980. The van der Waals surface area contributed by atoms with Gasteiger partial charge in [0.2, 0.25) is 12.5 Å². The van der Waals surface area contributed by atoms with Crippen molar-refractivity contribution in [2.45, 2.75) is 37.4 Å². The molecule has 3 unspecified atom stereocenters. The van der Waals surface area contributed by atoms with Gasteiger partial charge in [-0.15, -0.1) is 0 Å². The molecule has 2 aliphatic rings. The van der Waals surface area contributed by atoms with Gasteiger partial charge in [-0.25, -0.2) is 0 Å². The third-order valence-electron chi connectivity index (χ3n) is 4.01. The first-order valence-electron chi connectivity index (χ1n) is 6.64. The summed E-state index contributed by atoms with van der Waals surface area (Å²) < 4.78 is 17.1. The summed E-state index contributed by atoms with van der Waals surface area (Å²) in [7, 11) is 1.59. The molecule has 2 N–H and O–H groups in total.